The second kappa shape index (κ2) is 10.2. The molecule has 1 aromatic rings. The Morgan fingerprint density at radius 2 is 1.19 bits per heavy atom. The molecule has 0 atom stereocenters. The van der Waals surface area contributed by atoms with Gasteiger partial charge in [0, 0.05) is 10.9 Å². The van der Waals surface area contributed by atoms with Gasteiger partial charge in [-0.1, -0.05) is 31.0 Å². The van der Waals surface area contributed by atoms with Crippen molar-refractivity contribution in [3.63, 3.8) is 0 Å². The summed E-state index contributed by atoms with van der Waals surface area (Å²) >= 11 is 0. The molecule has 0 saturated heterocycles. The highest BCUT2D eigenvalue weighted by Gasteiger charge is 2.44. The van der Waals surface area contributed by atoms with Crippen LogP contribution in [0.5, 0.6) is 0 Å². The highest BCUT2D eigenvalue weighted by molar-refractivity contribution is 7.98. The van der Waals surface area contributed by atoms with Crippen LogP contribution in [-0.2, 0) is 21.0 Å². The second-order valence-electron chi connectivity index (χ2n) is 7.13. The van der Waals surface area contributed by atoms with Crippen LogP contribution in [0.2, 0.25) is 0 Å². The van der Waals surface area contributed by atoms with Gasteiger partial charge in [0.05, 0.1) is 0 Å². The van der Waals surface area contributed by atoms with Gasteiger partial charge in [-0.15, -0.1) is 0 Å². The number of benzene rings is 1. The molecule has 0 aromatic heterocycles. The average molecular weight is 426 g/mol. The third-order valence-corrected chi connectivity index (χ3v) is 8.91. The van der Waals surface area contributed by atoms with Crippen molar-refractivity contribution in [2.45, 2.75) is 85.1 Å². The molecular weight excluding hydrogens is 397 g/mol. The summed E-state index contributed by atoms with van der Waals surface area (Å²) in [4.78, 5) is 1.67. The Bertz CT molecular complexity index is 633. The molecule has 27 heavy (non-hydrogen) atoms. The molecular formula is C19H28F3O3S2+. The third-order valence-electron chi connectivity index (χ3n) is 5.13. The number of hydrogen-bond acceptors (Lipinski definition) is 2. The molecule has 154 valence electrons. The van der Waals surface area contributed by atoms with Gasteiger partial charge in [-0.05, 0) is 63.5 Å². The largest absolute Gasteiger partial charge is 0.522 e. The van der Waals surface area contributed by atoms with E-state index in [1.807, 2.05) is 0 Å². The van der Waals surface area contributed by atoms with Crippen molar-refractivity contribution in [2.75, 3.05) is 0 Å². The first-order valence-electron chi connectivity index (χ1n) is 9.51. The molecule has 0 aliphatic heterocycles. The van der Waals surface area contributed by atoms with Crippen molar-refractivity contribution in [1.29, 1.82) is 0 Å². The van der Waals surface area contributed by atoms with Crippen LogP contribution in [0, 0.1) is 0 Å². The predicted molar refractivity (Wildman–Crippen MR) is 103 cm³/mol. The lowest BCUT2D eigenvalue weighted by atomic mass is 10.00. The highest BCUT2D eigenvalue weighted by atomic mass is 32.2. The summed E-state index contributed by atoms with van der Waals surface area (Å²) in [5, 5.41) is 2.00. The van der Waals surface area contributed by atoms with E-state index in [0.717, 1.165) is 10.5 Å². The molecule has 2 saturated carbocycles. The van der Waals surface area contributed by atoms with Crippen molar-refractivity contribution in [3.05, 3.63) is 30.3 Å². The molecule has 0 heterocycles. The maximum Gasteiger partial charge on any atom is 0.522 e. The van der Waals surface area contributed by atoms with E-state index in [1.165, 1.54) is 64.2 Å². The fourth-order valence-corrected chi connectivity index (χ4v) is 7.34. The van der Waals surface area contributed by atoms with Crippen LogP contribution < -0.4 is 0 Å². The smallest absolute Gasteiger partial charge is 0.279 e. The monoisotopic (exact) mass is 425 g/mol. The van der Waals surface area contributed by atoms with Gasteiger partial charge in [0.15, 0.2) is 4.90 Å². The van der Waals surface area contributed by atoms with Gasteiger partial charge < -0.3 is 0 Å². The lowest BCUT2D eigenvalue weighted by Gasteiger charge is -2.30. The van der Waals surface area contributed by atoms with Gasteiger partial charge in [0.1, 0.15) is 10.5 Å². The molecule has 2 fully saturated rings. The Hall–Kier alpha value is -0.730. The van der Waals surface area contributed by atoms with Crippen LogP contribution in [0.25, 0.3) is 0 Å². The van der Waals surface area contributed by atoms with Crippen LogP contribution >= 0.6 is 0 Å². The lowest BCUT2D eigenvalue weighted by Crippen LogP contribution is -2.35. The van der Waals surface area contributed by atoms with E-state index in [0.29, 0.717) is 10.9 Å². The number of hydrogen-bond donors (Lipinski definition) is 1. The molecule has 0 bridgehead atoms. The molecule has 1 N–H and O–H groups in total. The number of alkyl halides is 3. The molecule has 2 aliphatic rings. The Morgan fingerprint density at radius 1 is 0.815 bits per heavy atom. The zero-order valence-electron chi connectivity index (χ0n) is 15.3. The van der Waals surface area contributed by atoms with Gasteiger partial charge >= 0.3 is 15.6 Å². The van der Waals surface area contributed by atoms with E-state index in [9.17, 15) is 13.2 Å². The van der Waals surface area contributed by atoms with Crippen LogP contribution in [0.3, 0.4) is 0 Å². The van der Waals surface area contributed by atoms with Crippen molar-refractivity contribution in [1.82, 2.24) is 0 Å². The molecule has 0 unspecified atom stereocenters. The molecule has 1 aromatic carbocycles. The summed E-state index contributed by atoms with van der Waals surface area (Å²) < 4.78 is 57.5. The summed E-state index contributed by atoms with van der Waals surface area (Å²) in [5.41, 5.74) is -5.53. The topological polar surface area (TPSA) is 54.4 Å². The van der Waals surface area contributed by atoms with Crippen molar-refractivity contribution < 1.29 is 26.1 Å². The second-order valence-corrected chi connectivity index (χ2v) is 11.1. The maximum absolute atomic E-state index is 10.7. The molecule has 2 aliphatic carbocycles. The van der Waals surface area contributed by atoms with E-state index in [4.69, 9.17) is 13.0 Å². The summed E-state index contributed by atoms with van der Waals surface area (Å²) in [6, 6.07) is 11.5. The van der Waals surface area contributed by atoms with E-state index >= 15 is 0 Å². The van der Waals surface area contributed by atoms with Crippen molar-refractivity contribution >= 4 is 21.0 Å². The van der Waals surface area contributed by atoms with Gasteiger partial charge in [0.25, 0.3) is 0 Å². The Labute approximate surface area is 162 Å². The SMILES string of the molecule is O=S(=O)(O)C(F)(F)F.c1ccc([S+](C2CCCCC2)C2CCCCC2)cc1. The van der Waals surface area contributed by atoms with E-state index < -0.39 is 15.6 Å². The molecule has 0 spiro atoms. The maximum atomic E-state index is 10.7. The molecule has 3 nitrogen and oxygen atoms in total. The molecule has 0 radical (unpaired) electrons. The zero-order valence-corrected chi connectivity index (χ0v) is 17.0. The first-order chi connectivity index (χ1) is 12.7. The van der Waals surface area contributed by atoms with Gasteiger partial charge in [-0.25, -0.2) is 0 Å². The van der Waals surface area contributed by atoms with Crippen LogP contribution in [0.4, 0.5) is 13.2 Å². The Balaban J connectivity index is 0.000000279. The first kappa shape index (κ1) is 22.6. The van der Waals surface area contributed by atoms with E-state index in [1.54, 1.807) is 4.90 Å². The predicted octanol–water partition coefficient (Wildman–Crippen LogP) is 5.72. The summed E-state index contributed by atoms with van der Waals surface area (Å²) in [6.07, 6.45) is 14.9. The lowest BCUT2D eigenvalue weighted by molar-refractivity contribution is -0.0510. The first-order valence-corrected chi connectivity index (χ1v) is 12.3. The van der Waals surface area contributed by atoms with E-state index in [-0.39, 0.29) is 0 Å². The third kappa shape index (κ3) is 6.98. The fraction of sp³-hybridized carbons (Fsp3) is 0.684. The fourth-order valence-electron chi connectivity index (χ4n) is 3.87. The molecule has 8 heteroatoms. The number of rotatable bonds is 3. The van der Waals surface area contributed by atoms with Crippen LogP contribution in [0.15, 0.2) is 35.2 Å². The quantitative estimate of drug-likeness (QED) is 0.383. The summed E-state index contributed by atoms with van der Waals surface area (Å²) in [6.45, 7) is 0. The number of halogens is 3. The van der Waals surface area contributed by atoms with Gasteiger partial charge in [-0.2, -0.15) is 21.6 Å². The summed E-state index contributed by atoms with van der Waals surface area (Å²) in [5.74, 6) is 0. The normalized spacial score (nSPS) is 20.2. The minimum Gasteiger partial charge on any atom is -0.279 e. The minimum atomic E-state index is -5.84. The summed E-state index contributed by atoms with van der Waals surface area (Å²) in [7, 11) is -5.30. The minimum absolute atomic E-state index is 0.539. The highest BCUT2D eigenvalue weighted by Crippen LogP contribution is 2.38. The zero-order chi connectivity index (χ0) is 19.9. The molecule has 0 amide bonds. The Morgan fingerprint density at radius 3 is 1.52 bits per heavy atom. The van der Waals surface area contributed by atoms with E-state index in [2.05, 4.69) is 30.3 Å². The van der Waals surface area contributed by atoms with Crippen LogP contribution in [-0.4, -0.2) is 29.0 Å². The van der Waals surface area contributed by atoms with Crippen molar-refractivity contribution in [2.24, 2.45) is 0 Å². The van der Waals surface area contributed by atoms with Gasteiger partial charge in [0.2, 0.25) is 0 Å². The average Bonchev–Trinajstić information content (AvgIpc) is 2.64. The standard InChI is InChI=1S/C18H27S.CHF3O3S/c1-4-10-16(11-5-1)19(17-12-6-2-7-13-17)18-14-8-3-9-15-18;2-1(3,4)8(5,6)7/h1,4-5,10-11,17-18H,2-3,6-9,12-15H2;(H,5,6,7)/q+1;. The van der Waals surface area contributed by atoms with Crippen LogP contribution in [0.1, 0.15) is 64.2 Å². The molecule has 3 rings (SSSR count). The van der Waals surface area contributed by atoms with Gasteiger partial charge in [-0.3, -0.25) is 4.55 Å². The Kier molecular flexibility index (Phi) is 8.49. The van der Waals surface area contributed by atoms with Crippen molar-refractivity contribution in [3.8, 4) is 0 Å².